The van der Waals surface area contributed by atoms with Gasteiger partial charge in [0.2, 0.25) is 0 Å². The van der Waals surface area contributed by atoms with E-state index in [1.54, 1.807) is 0 Å². The van der Waals surface area contributed by atoms with Crippen molar-refractivity contribution in [2.24, 2.45) is 10.8 Å². The second-order valence-electron chi connectivity index (χ2n) is 9.54. The molecule has 0 amide bonds. The van der Waals surface area contributed by atoms with Crippen LogP contribution in [0.15, 0.2) is 83.8 Å². The fourth-order valence-corrected chi connectivity index (χ4v) is 3.22. The van der Waals surface area contributed by atoms with E-state index in [-0.39, 0.29) is 10.8 Å². The SMILES string of the molecule is C#Cc1ccc(C(=C2C=C(C(C)(C)C)OC(C(C)(C)C)=C2)c2ccccc2)cc1. The van der Waals surface area contributed by atoms with Gasteiger partial charge >= 0.3 is 0 Å². The van der Waals surface area contributed by atoms with E-state index >= 15 is 0 Å². The quantitative estimate of drug-likeness (QED) is 0.493. The Morgan fingerprint density at radius 1 is 0.724 bits per heavy atom. The van der Waals surface area contributed by atoms with Crippen molar-refractivity contribution < 1.29 is 4.74 Å². The lowest BCUT2D eigenvalue weighted by Gasteiger charge is -2.33. The summed E-state index contributed by atoms with van der Waals surface area (Å²) in [5, 5.41) is 0. The van der Waals surface area contributed by atoms with Gasteiger partial charge in [0.25, 0.3) is 0 Å². The Balaban J connectivity index is 2.32. The smallest absolute Gasteiger partial charge is 0.110 e. The van der Waals surface area contributed by atoms with Gasteiger partial charge in [-0.1, -0.05) is 89.9 Å². The van der Waals surface area contributed by atoms with Crippen molar-refractivity contribution in [1.29, 1.82) is 0 Å². The molecule has 1 aliphatic rings. The van der Waals surface area contributed by atoms with Gasteiger partial charge in [-0.3, -0.25) is 0 Å². The normalized spacial score (nSPS) is 14.4. The number of benzene rings is 2. The van der Waals surface area contributed by atoms with E-state index in [2.05, 4.69) is 96.0 Å². The van der Waals surface area contributed by atoms with Crippen LogP contribution in [-0.2, 0) is 4.74 Å². The van der Waals surface area contributed by atoms with Crippen LogP contribution >= 0.6 is 0 Å². The van der Waals surface area contributed by atoms with Crippen molar-refractivity contribution in [3.05, 3.63) is 101 Å². The molecule has 0 bridgehead atoms. The Morgan fingerprint density at radius 2 is 1.21 bits per heavy atom. The van der Waals surface area contributed by atoms with E-state index in [4.69, 9.17) is 11.2 Å². The van der Waals surface area contributed by atoms with Crippen molar-refractivity contribution in [1.82, 2.24) is 0 Å². The standard InChI is InChI=1S/C28H30O/c1-8-20-14-16-22(17-15-20)26(21-12-10-9-11-13-21)23-18-24(27(2,3)4)29-25(19-23)28(5,6)7/h1,9-19H,2-7H3. The highest BCUT2D eigenvalue weighted by Crippen LogP contribution is 2.41. The highest BCUT2D eigenvalue weighted by Gasteiger charge is 2.30. The molecule has 1 heteroatoms. The molecule has 0 N–H and O–H groups in total. The average Bonchev–Trinajstić information content (AvgIpc) is 2.68. The van der Waals surface area contributed by atoms with Gasteiger partial charge in [0.1, 0.15) is 11.5 Å². The second kappa shape index (κ2) is 7.80. The Bertz CT molecular complexity index is 977. The number of ether oxygens (including phenoxy) is 1. The molecule has 2 aromatic rings. The Labute approximate surface area is 175 Å². The van der Waals surface area contributed by atoms with Gasteiger partial charge in [-0.05, 0) is 46.6 Å². The predicted octanol–water partition coefficient (Wildman–Crippen LogP) is 7.36. The fourth-order valence-electron chi connectivity index (χ4n) is 3.22. The Hall–Kier alpha value is -2.98. The number of rotatable bonds is 2. The number of allylic oxidation sites excluding steroid dienone is 5. The Kier molecular flexibility index (Phi) is 5.58. The number of hydrogen-bond donors (Lipinski definition) is 0. The zero-order chi connectivity index (χ0) is 21.2. The first-order valence-electron chi connectivity index (χ1n) is 10.1. The summed E-state index contributed by atoms with van der Waals surface area (Å²) in [4.78, 5) is 0. The third-order valence-corrected chi connectivity index (χ3v) is 4.96. The number of hydrogen-bond acceptors (Lipinski definition) is 1. The van der Waals surface area contributed by atoms with Gasteiger partial charge < -0.3 is 4.74 Å². The molecule has 0 fully saturated rings. The summed E-state index contributed by atoms with van der Waals surface area (Å²) in [5.74, 6) is 4.67. The predicted molar refractivity (Wildman–Crippen MR) is 123 cm³/mol. The van der Waals surface area contributed by atoms with E-state index in [0.717, 1.165) is 28.2 Å². The van der Waals surface area contributed by atoms with Crippen LogP contribution in [0.1, 0.15) is 58.2 Å². The molecule has 0 atom stereocenters. The molecule has 2 aromatic carbocycles. The van der Waals surface area contributed by atoms with Crippen LogP contribution in [0, 0.1) is 23.2 Å². The summed E-state index contributed by atoms with van der Waals surface area (Å²) in [6.45, 7) is 13.1. The van der Waals surface area contributed by atoms with Crippen LogP contribution in [0.3, 0.4) is 0 Å². The van der Waals surface area contributed by atoms with Gasteiger partial charge in [-0.15, -0.1) is 6.42 Å². The van der Waals surface area contributed by atoms with Crippen molar-refractivity contribution in [2.75, 3.05) is 0 Å². The lowest BCUT2D eigenvalue weighted by Crippen LogP contribution is -2.21. The zero-order valence-electron chi connectivity index (χ0n) is 18.3. The molecule has 0 spiro atoms. The van der Waals surface area contributed by atoms with Crippen LogP contribution < -0.4 is 0 Å². The molecule has 148 valence electrons. The minimum absolute atomic E-state index is 0.0921. The average molecular weight is 383 g/mol. The highest BCUT2D eigenvalue weighted by molar-refractivity contribution is 5.85. The summed E-state index contributed by atoms with van der Waals surface area (Å²) < 4.78 is 6.37. The summed E-state index contributed by atoms with van der Waals surface area (Å²) in [7, 11) is 0. The molecule has 0 saturated heterocycles. The monoisotopic (exact) mass is 382 g/mol. The first-order valence-corrected chi connectivity index (χ1v) is 10.1. The van der Waals surface area contributed by atoms with Gasteiger partial charge in [-0.25, -0.2) is 0 Å². The maximum Gasteiger partial charge on any atom is 0.110 e. The van der Waals surface area contributed by atoms with Gasteiger partial charge in [0.15, 0.2) is 0 Å². The number of terminal acetylenes is 1. The summed E-state index contributed by atoms with van der Waals surface area (Å²) in [5.41, 5.74) is 5.35. The maximum atomic E-state index is 6.37. The van der Waals surface area contributed by atoms with Crippen LogP contribution in [0.25, 0.3) is 5.57 Å². The van der Waals surface area contributed by atoms with Gasteiger partial charge in [-0.2, -0.15) is 0 Å². The van der Waals surface area contributed by atoms with E-state index in [0.29, 0.717) is 0 Å². The van der Waals surface area contributed by atoms with Crippen LogP contribution in [0.5, 0.6) is 0 Å². The largest absolute Gasteiger partial charge is 0.465 e. The van der Waals surface area contributed by atoms with Crippen molar-refractivity contribution in [3.8, 4) is 12.3 Å². The minimum Gasteiger partial charge on any atom is -0.465 e. The molecule has 1 nitrogen and oxygen atoms in total. The van der Waals surface area contributed by atoms with Crippen molar-refractivity contribution >= 4 is 5.57 Å². The zero-order valence-corrected chi connectivity index (χ0v) is 18.3. The lowest BCUT2D eigenvalue weighted by molar-refractivity contribution is 0.161. The third-order valence-electron chi connectivity index (χ3n) is 4.96. The van der Waals surface area contributed by atoms with Gasteiger partial charge in [0.05, 0.1) is 0 Å². The molecule has 0 radical (unpaired) electrons. The van der Waals surface area contributed by atoms with E-state index in [9.17, 15) is 0 Å². The maximum absolute atomic E-state index is 6.37. The van der Waals surface area contributed by atoms with E-state index < -0.39 is 0 Å². The van der Waals surface area contributed by atoms with Crippen LogP contribution in [0.2, 0.25) is 0 Å². The minimum atomic E-state index is -0.0921. The highest BCUT2D eigenvalue weighted by atomic mass is 16.5. The Morgan fingerprint density at radius 3 is 1.66 bits per heavy atom. The van der Waals surface area contributed by atoms with Crippen molar-refractivity contribution in [2.45, 2.75) is 41.5 Å². The van der Waals surface area contributed by atoms with Crippen LogP contribution in [-0.4, -0.2) is 0 Å². The molecule has 0 unspecified atom stereocenters. The molecule has 29 heavy (non-hydrogen) atoms. The van der Waals surface area contributed by atoms with E-state index in [1.807, 2.05) is 18.2 Å². The molecule has 0 saturated carbocycles. The first-order chi connectivity index (χ1) is 13.6. The summed E-state index contributed by atoms with van der Waals surface area (Å²) in [6.07, 6.45) is 9.94. The first kappa shape index (κ1) is 20.7. The summed E-state index contributed by atoms with van der Waals surface area (Å²) in [6, 6.07) is 18.7. The summed E-state index contributed by atoms with van der Waals surface area (Å²) >= 11 is 0. The van der Waals surface area contributed by atoms with Gasteiger partial charge in [0, 0.05) is 16.4 Å². The third kappa shape index (κ3) is 4.72. The van der Waals surface area contributed by atoms with Crippen LogP contribution in [0.4, 0.5) is 0 Å². The molecule has 3 rings (SSSR count). The van der Waals surface area contributed by atoms with Crippen molar-refractivity contribution in [3.63, 3.8) is 0 Å². The fraction of sp³-hybridized carbons (Fsp3) is 0.286. The molecular weight excluding hydrogens is 352 g/mol. The topological polar surface area (TPSA) is 9.23 Å². The molecule has 0 aliphatic carbocycles. The lowest BCUT2D eigenvalue weighted by atomic mass is 9.84. The molecule has 0 aromatic heterocycles. The van der Waals surface area contributed by atoms with E-state index in [1.165, 1.54) is 11.1 Å². The molecular formula is C28H30O. The second-order valence-corrected chi connectivity index (χ2v) is 9.54. The molecule has 1 heterocycles. The molecule has 1 aliphatic heterocycles.